The van der Waals surface area contributed by atoms with Crippen LogP contribution in [0.4, 0.5) is 0 Å². The zero-order valence-electron chi connectivity index (χ0n) is 7.69. The summed E-state index contributed by atoms with van der Waals surface area (Å²) in [5, 5.41) is 0. The Balaban J connectivity index is 2.91. The van der Waals surface area contributed by atoms with Crippen molar-refractivity contribution in [2.75, 3.05) is 0 Å². The van der Waals surface area contributed by atoms with Crippen molar-refractivity contribution >= 4 is 0 Å². The van der Waals surface area contributed by atoms with Crippen LogP contribution in [0, 0.1) is 18.8 Å². The molecule has 0 heterocycles. The largest absolute Gasteiger partial charge is 0.0628 e. The highest BCUT2D eigenvalue weighted by atomic mass is 14.0. The minimum absolute atomic E-state index is 0.646. The Morgan fingerprint density at radius 1 is 1.00 bits per heavy atom. The van der Waals surface area contributed by atoms with E-state index in [2.05, 4.69) is 27.7 Å². The first-order chi connectivity index (χ1) is 4.63. The van der Waals surface area contributed by atoms with Crippen molar-refractivity contribution in [2.24, 2.45) is 11.8 Å². The van der Waals surface area contributed by atoms with E-state index >= 15 is 0 Å². The van der Waals surface area contributed by atoms with Crippen molar-refractivity contribution in [2.45, 2.75) is 46.5 Å². The molecular formula is C10H21. The molecule has 1 atom stereocenters. The van der Waals surface area contributed by atoms with Crippen molar-refractivity contribution in [3.05, 3.63) is 6.92 Å². The molecular weight excluding hydrogens is 120 g/mol. The highest BCUT2D eigenvalue weighted by Crippen LogP contribution is 2.11. The third kappa shape index (κ3) is 8.00. The van der Waals surface area contributed by atoms with Crippen molar-refractivity contribution in [3.63, 3.8) is 0 Å². The molecule has 0 aromatic heterocycles. The molecule has 0 aliphatic carbocycles. The summed E-state index contributed by atoms with van der Waals surface area (Å²) in [7, 11) is 0. The number of hydrogen-bond donors (Lipinski definition) is 0. The van der Waals surface area contributed by atoms with E-state index in [0.717, 1.165) is 5.92 Å². The lowest BCUT2D eigenvalue weighted by atomic mass is 10.0. The molecule has 0 aromatic carbocycles. The van der Waals surface area contributed by atoms with E-state index in [1.54, 1.807) is 0 Å². The molecule has 0 N–H and O–H groups in total. The summed E-state index contributed by atoms with van der Waals surface area (Å²) in [4.78, 5) is 0. The average Bonchev–Trinajstić information content (AvgIpc) is 1.79. The highest BCUT2D eigenvalue weighted by Gasteiger charge is 1.95. The minimum Gasteiger partial charge on any atom is -0.0628 e. The maximum absolute atomic E-state index is 3.96. The van der Waals surface area contributed by atoms with E-state index in [1.807, 2.05) is 0 Å². The van der Waals surface area contributed by atoms with Gasteiger partial charge in [0, 0.05) is 0 Å². The van der Waals surface area contributed by atoms with Gasteiger partial charge in [0.2, 0.25) is 0 Å². The summed E-state index contributed by atoms with van der Waals surface area (Å²) >= 11 is 0. The Labute approximate surface area is 66.0 Å². The second-order valence-electron chi connectivity index (χ2n) is 3.78. The van der Waals surface area contributed by atoms with Crippen molar-refractivity contribution < 1.29 is 0 Å². The Morgan fingerprint density at radius 3 is 1.90 bits per heavy atom. The van der Waals surface area contributed by atoms with Crippen LogP contribution in [0.5, 0.6) is 0 Å². The summed E-state index contributed by atoms with van der Waals surface area (Å²) < 4.78 is 0. The molecule has 0 aliphatic heterocycles. The van der Waals surface area contributed by atoms with Crippen molar-refractivity contribution in [3.8, 4) is 0 Å². The van der Waals surface area contributed by atoms with Crippen LogP contribution in [0.2, 0.25) is 0 Å². The number of rotatable bonds is 5. The molecule has 1 radical (unpaired) electrons. The summed E-state index contributed by atoms with van der Waals surface area (Å²) in [6.45, 7) is 10.7. The second-order valence-corrected chi connectivity index (χ2v) is 3.78. The minimum atomic E-state index is 0.646. The molecule has 0 nitrogen and oxygen atoms in total. The monoisotopic (exact) mass is 141 g/mol. The summed E-state index contributed by atoms with van der Waals surface area (Å²) in [5.41, 5.74) is 0. The molecule has 0 bridgehead atoms. The Bertz CT molecular complexity index is 52.4. The van der Waals surface area contributed by atoms with Crippen LogP contribution in [-0.4, -0.2) is 0 Å². The SMILES string of the molecule is [CH2]C(C)CCCCC(C)C. The predicted octanol–water partition coefficient (Wildman–Crippen LogP) is 3.67. The molecule has 0 spiro atoms. The van der Waals surface area contributed by atoms with Crippen LogP contribution in [-0.2, 0) is 0 Å². The van der Waals surface area contributed by atoms with Gasteiger partial charge in [0.05, 0.1) is 0 Å². The van der Waals surface area contributed by atoms with E-state index in [1.165, 1.54) is 25.7 Å². The Kier molecular flexibility index (Phi) is 5.76. The van der Waals surface area contributed by atoms with E-state index in [-0.39, 0.29) is 0 Å². The Hall–Kier alpha value is 0. The predicted molar refractivity (Wildman–Crippen MR) is 47.8 cm³/mol. The lowest BCUT2D eigenvalue weighted by molar-refractivity contribution is 0.500. The van der Waals surface area contributed by atoms with Crippen molar-refractivity contribution in [1.29, 1.82) is 0 Å². The van der Waals surface area contributed by atoms with Gasteiger partial charge in [-0.15, -0.1) is 0 Å². The molecule has 0 amide bonds. The van der Waals surface area contributed by atoms with Crippen LogP contribution in [0.15, 0.2) is 0 Å². The van der Waals surface area contributed by atoms with Crippen LogP contribution < -0.4 is 0 Å². The maximum atomic E-state index is 3.96. The third-order valence-electron chi connectivity index (χ3n) is 1.73. The number of hydrogen-bond acceptors (Lipinski definition) is 0. The lowest BCUT2D eigenvalue weighted by Crippen LogP contribution is -1.90. The van der Waals surface area contributed by atoms with Gasteiger partial charge in [-0.1, -0.05) is 53.4 Å². The van der Waals surface area contributed by atoms with Gasteiger partial charge in [0.25, 0.3) is 0 Å². The van der Waals surface area contributed by atoms with Crippen LogP contribution in [0.25, 0.3) is 0 Å². The third-order valence-corrected chi connectivity index (χ3v) is 1.73. The molecule has 0 heteroatoms. The zero-order chi connectivity index (χ0) is 7.98. The van der Waals surface area contributed by atoms with E-state index < -0.39 is 0 Å². The average molecular weight is 141 g/mol. The molecule has 0 rings (SSSR count). The smallest absolute Gasteiger partial charge is 0.0443 e. The fourth-order valence-electron chi connectivity index (χ4n) is 1.05. The molecule has 0 fully saturated rings. The van der Waals surface area contributed by atoms with Gasteiger partial charge >= 0.3 is 0 Å². The second kappa shape index (κ2) is 5.76. The highest BCUT2D eigenvalue weighted by molar-refractivity contribution is 4.54. The summed E-state index contributed by atoms with van der Waals surface area (Å²) in [5.74, 6) is 1.52. The first kappa shape index (κ1) is 10.0. The van der Waals surface area contributed by atoms with Gasteiger partial charge in [-0.2, -0.15) is 0 Å². The molecule has 0 aromatic rings. The molecule has 61 valence electrons. The molecule has 10 heavy (non-hydrogen) atoms. The lowest BCUT2D eigenvalue weighted by Gasteiger charge is -2.05. The molecule has 1 unspecified atom stereocenters. The first-order valence-corrected chi connectivity index (χ1v) is 4.46. The molecule has 0 saturated carbocycles. The van der Waals surface area contributed by atoms with Crippen molar-refractivity contribution in [1.82, 2.24) is 0 Å². The van der Waals surface area contributed by atoms with E-state index in [0.29, 0.717) is 5.92 Å². The van der Waals surface area contributed by atoms with Gasteiger partial charge in [-0.3, -0.25) is 0 Å². The van der Waals surface area contributed by atoms with Gasteiger partial charge < -0.3 is 0 Å². The Morgan fingerprint density at radius 2 is 1.50 bits per heavy atom. The normalized spacial score (nSPS) is 11.4. The number of unbranched alkanes of at least 4 members (excludes halogenated alkanes) is 1. The molecule has 0 aliphatic rings. The van der Waals surface area contributed by atoms with Gasteiger partial charge in [-0.25, -0.2) is 0 Å². The topological polar surface area (TPSA) is 0 Å². The fraction of sp³-hybridized carbons (Fsp3) is 0.900. The maximum Gasteiger partial charge on any atom is -0.0443 e. The summed E-state index contributed by atoms with van der Waals surface area (Å²) in [6.07, 6.45) is 5.43. The molecule has 0 saturated heterocycles. The van der Waals surface area contributed by atoms with Crippen LogP contribution in [0.3, 0.4) is 0 Å². The van der Waals surface area contributed by atoms with Gasteiger partial charge in [0.1, 0.15) is 0 Å². The van der Waals surface area contributed by atoms with Gasteiger partial charge in [-0.05, 0) is 11.8 Å². The van der Waals surface area contributed by atoms with Crippen LogP contribution >= 0.6 is 0 Å². The standard InChI is InChI=1S/C10H21/c1-9(2)7-5-6-8-10(3)4/h9-10H,1,5-8H2,2-4H3. The quantitative estimate of drug-likeness (QED) is 0.512. The van der Waals surface area contributed by atoms with Crippen LogP contribution in [0.1, 0.15) is 46.5 Å². The van der Waals surface area contributed by atoms with E-state index in [4.69, 9.17) is 0 Å². The zero-order valence-corrected chi connectivity index (χ0v) is 7.69. The fourth-order valence-corrected chi connectivity index (χ4v) is 1.05. The summed E-state index contributed by atoms with van der Waals surface area (Å²) in [6, 6.07) is 0. The first-order valence-electron chi connectivity index (χ1n) is 4.46. The van der Waals surface area contributed by atoms with E-state index in [9.17, 15) is 0 Å². The van der Waals surface area contributed by atoms with Gasteiger partial charge in [0.15, 0.2) is 0 Å².